The minimum Gasteiger partial charge on any atom is -0.385 e. The average molecular weight is 264 g/mol. The number of methoxy groups -OCH3 is 1. The maximum Gasteiger partial charge on any atom is 0.328 e. The Morgan fingerprint density at radius 2 is 1.84 bits per heavy atom. The minimum atomic E-state index is 0.00157. The first-order valence-corrected chi connectivity index (χ1v) is 6.46. The number of aryl methyl sites for hydroxylation is 1. The molecule has 0 unspecified atom stereocenters. The summed E-state index contributed by atoms with van der Waals surface area (Å²) in [6.07, 6.45) is 0.876. The van der Waals surface area contributed by atoms with Crippen molar-refractivity contribution in [2.45, 2.75) is 13.0 Å². The average Bonchev–Trinajstić information content (AvgIpc) is 2.68. The first-order valence-electron chi connectivity index (χ1n) is 6.46. The molecular formula is C14H20N2O3. The van der Waals surface area contributed by atoms with Crippen molar-refractivity contribution < 1.29 is 9.47 Å². The monoisotopic (exact) mass is 264 g/mol. The van der Waals surface area contributed by atoms with Crippen LogP contribution < -0.4 is 5.69 Å². The zero-order chi connectivity index (χ0) is 13.7. The molecule has 1 aromatic heterocycles. The maximum absolute atomic E-state index is 12.1. The van der Waals surface area contributed by atoms with Crippen molar-refractivity contribution in [1.29, 1.82) is 0 Å². The molecule has 104 valence electrons. The molecule has 0 aliphatic heterocycles. The molecule has 0 aliphatic rings. The van der Waals surface area contributed by atoms with Crippen molar-refractivity contribution in [3.05, 3.63) is 34.7 Å². The molecule has 0 aliphatic carbocycles. The molecule has 2 aromatic rings. The van der Waals surface area contributed by atoms with Crippen molar-refractivity contribution in [3.63, 3.8) is 0 Å². The normalized spacial score (nSPS) is 11.3. The van der Waals surface area contributed by atoms with Crippen molar-refractivity contribution in [3.8, 4) is 0 Å². The van der Waals surface area contributed by atoms with E-state index in [1.165, 1.54) is 0 Å². The Labute approximate surface area is 112 Å². The van der Waals surface area contributed by atoms with E-state index in [-0.39, 0.29) is 5.69 Å². The van der Waals surface area contributed by atoms with E-state index < -0.39 is 0 Å². The van der Waals surface area contributed by atoms with Gasteiger partial charge in [0, 0.05) is 27.4 Å². The Bertz CT molecular complexity index is 586. The quantitative estimate of drug-likeness (QED) is 0.710. The molecular weight excluding hydrogens is 244 g/mol. The van der Waals surface area contributed by atoms with Crippen LogP contribution in [0.1, 0.15) is 6.42 Å². The second kappa shape index (κ2) is 6.54. The predicted molar refractivity (Wildman–Crippen MR) is 74.5 cm³/mol. The number of fused-ring (bicyclic) bond motifs is 1. The second-order valence-electron chi connectivity index (χ2n) is 4.44. The van der Waals surface area contributed by atoms with E-state index in [4.69, 9.17) is 9.47 Å². The van der Waals surface area contributed by atoms with Gasteiger partial charge in [-0.1, -0.05) is 12.1 Å². The van der Waals surface area contributed by atoms with Gasteiger partial charge in [0.15, 0.2) is 0 Å². The van der Waals surface area contributed by atoms with E-state index in [1.807, 2.05) is 24.3 Å². The fourth-order valence-corrected chi connectivity index (χ4v) is 2.14. The van der Waals surface area contributed by atoms with Crippen molar-refractivity contribution in [2.24, 2.45) is 7.05 Å². The molecule has 0 N–H and O–H groups in total. The summed E-state index contributed by atoms with van der Waals surface area (Å²) < 4.78 is 13.9. The molecule has 2 rings (SSSR count). The van der Waals surface area contributed by atoms with Crippen LogP contribution in [-0.2, 0) is 23.1 Å². The van der Waals surface area contributed by atoms with Crippen LogP contribution in [0.15, 0.2) is 29.1 Å². The first kappa shape index (κ1) is 13.8. The van der Waals surface area contributed by atoms with Gasteiger partial charge in [-0.05, 0) is 18.6 Å². The van der Waals surface area contributed by atoms with Crippen LogP contribution >= 0.6 is 0 Å². The van der Waals surface area contributed by atoms with Crippen LogP contribution in [-0.4, -0.2) is 36.1 Å². The summed E-state index contributed by atoms with van der Waals surface area (Å²) in [6, 6.07) is 7.79. The number of hydrogen-bond donors (Lipinski definition) is 0. The molecule has 1 aromatic carbocycles. The molecule has 0 radical (unpaired) electrons. The maximum atomic E-state index is 12.1. The highest BCUT2D eigenvalue weighted by atomic mass is 16.5. The third-order valence-corrected chi connectivity index (χ3v) is 3.15. The van der Waals surface area contributed by atoms with Crippen molar-refractivity contribution in [1.82, 2.24) is 9.13 Å². The van der Waals surface area contributed by atoms with Gasteiger partial charge in [0.2, 0.25) is 0 Å². The van der Waals surface area contributed by atoms with Crippen LogP contribution in [0.25, 0.3) is 11.0 Å². The molecule has 0 fully saturated rings. The van der Waals surface area contributed by atoms with E-state index in [0.717, 1.165) is 17.5 Å². The van der Waals surface area contributed by atoms with Crippen LogP contribution in [0.4, 0.5) is 0 Å². The van der Waals surface area contributed by atoms with Gasteiger partial charge in [-0.25, -0.2) is 4.79 Å². The molecule has 0 bridgehead atoms. The van der Waals surface area contributed by atoms with E-state index in [1.54, 1.807) is 23.3 Å². The molecule has 0 saturated carbocycles. The number of imidazole rings is 1. The van der Waals surface area contributed by atoms with E-state index >= 15 is 0 Å². The minimum absolute atomic E-state index is 0.00157. The number of rotatable bonds is 7. The Morgan fingerprint density at radius 3 is 2.58 bits per heavy atom. The topological polar surface area (TPSA) is 45.4 Å². The summed E-state index contributed by atoms with van der Waals surface area (Å²) in [5, 5.41) is 0. The van der Waals surface area contributed by atoms with Crippen molar-refractivity contribution >= 4 is 11.0 Å². The molecule has 0 spiro atoms. The number of hydrogen-bond acceptors (Lipinski definition) is 3. The van der Waals surface area contributed by atoms with E-state index in [9.17, 15) is 4.79 Å². The van der Waals surface area contributed by atoms with Gasteiger partial charge in [-0.15, -0.1) is 0 Å². The predicted octanol–water partition coefficient (Wildman–Crippen LogP) is 1.39. The molecule has 0 atom stereocenters. The summed E-state index contributed by atoms with van der Waals surface area (Å²) in [6.45, 7) is 2.48. The fraction of sp³-hybridized carbons (Fsp3) is 0.500. The lowest BCUT2D eigenvalue weighted by atomic mass is 10.3. The lowest BCUT2D eigenvalue weighted by Crippen LogP contribution is -2.24. The summed E-state index contributed by atoms with van der Waals surface area (Å²) in [4.78, 5) is 12.1. The standard InChI is InChI=1S/C14H20N2O3/c1-15-12-6-3-4-7-13(12)16(14(15)17)8-11-19-10-5-9-18-2/h3-4,6-7H,5,8-11H2,1-2H3. The molecule has 5 heteroatoms. The Morgan fingerprint density at radius 1 is 1.11 bits per heavy atom. The largest absolute Gasteiger partial charge is 0.385 e. The van der Waals surface area contributed by atoms with Crippen LogP contribution in [0, 0.1) is 0 Å². The van der Waals surface area contributed by atoms with Gasteiger partial charge in [-0.2, -0.15) is 0 Å². The lowest BCUT2D eigenvalue weighted by molar-refractivity contribution is 0.0977. The smallest absolute Gasteiger partial charge is 0.328 e. The fourth-order valence-electron chi connectivity index (χ4n) is 2.14. The number of nitrogens with zero attached hydrogens (tertiary/aromatic N) is 2. The first-order chi connectivity index (χ1) is 9.25. The van der Waals surface area contributed by atoms with Gasteiger partial charge in [-0.3, -0.25) is 9.13 Å². The highest BCUT2D eigenvalue weighted by molar-refractivity contribution is 5.75. The highest BCUT2D eigenvalue weighted by Gasteiger charge is 2.08. The SMILES string of the molecule is COCCCOCCn1c(=O)n(C)c2ccccc21. The third kappa shape index (κ3) is 3.05. The Balaban J connectivity index is 2.01. The Kier molecular flexibility index (Phi) is 4.76. The molecule has 19 heavy (non-hydrogen) atoms. The second-order valence-corrected chi connectivity index (χ2v) is 4.44. The molecule has 0 amide bonds. The molecule has 5 nitrogen and oxygen atoms in total. The van der Waals surface area contributed by atoms with Gasteiger partial charge >= 0.3 is 5.69 Å². The van der Waals surface area contributed by atoms with E-state index in [2.05, 4.69) is 0 Å². The number of benzene rings is 1. The van der Waals surface area contributed by atoms with Crippen LogP contribution in [0.5, 0.6) is 0 Å². The number of aromatic nitrogens is 2. The molecule has 0 saturated heterocycles. The zero-order valence-electron chi connectivity index (χ0n) is 11.5. The summed E-state index contributed by atoms with van der Waals surface area (Å²) in [5.74, 6) is 0. The molecule has 1 heterocycles. The number of ether oxygens (including phenoxy) is 2. The van der Waals surface area contributed by atoms with Gasteiger partial charge in [0.05, 0.1) is 24.2 Å². The van der Waals surface area contributed by atoms with Gasteiger partial charge in [0.25, 0.3) is 0 Å². The van der Waals surface area contributed by atoms with Crippen molar-refractivity contribution in [2.75, 3.05) is 26.9 Å². The van der Waals surface area contributed by atoms with Crippen LogP contribution in [0.2, 0.25) is 0 Å². The summed E-state index contributed by atoms with van der Waals surface area (Å²) in [5.41, 5.74) is 1.91. The van der Waals surface area contributed by atoms with Gasteiger partial charge < -0.3 is 9.47 Å². The zero-order valence-corrected chi connectivity index (χ0v) is 11.5. The van der Waals surface area contributed by atoms with E-state index in [0.29, 0.717) is 26.4 Å². The lowest BCUT2D eigenvalue weighted by Gasteiger charge is -2.05. The van der Waals surface area contributed by atoms with Gasteiger partial charge in [0.1, 0.15) is 0 Å². The number of para-hydroxylation sites is 2. The summed E-state index contributed by atoms with van der Waals surface area (Å²) in [7, 11) is 3.47. The third-order valence-electron chi connectivity index (χ3n) is 3.15. The van der Waals surface area contributed by atoms with Crippen LogP contribution in [0.3, 0.4) is 0 Å². The Hall–Kier alpha value is -1.59. The highest BCUT2D eigenvalue weighted by Crippen LogP contribution is 2.11. The summed E-state index contributed by atoms with van der Waals surface area (Å²) >= 11 is 0.